The Hall–Kier alpha value is -1.10. The van der Waals surface area contributed by atoms with Crippen molar-refractivity contribution < 1.29 is 9.53 Å². The van der Waals surface area contributed by atoms with E-state index in [1.165, 1.54) is 17.7 Å². The Kier molecular flexibility index (Phi) is 3.34. The SMILES string of the molecule is COC(=O)C(C)(C)n1ccc(Br)cc1=O. The van der Waals surface area contributed by atoms with Gasteiger partial charge in [-0.2, -0.15) is 0 Å². The fraction of sp³-hybridized carbons (Fsp3) is 0.400. The van der Waals surface area contributed by atoms with E-state index in [1.54, 1.807) is 26.1 Å². The Morgan fingerprint density at radius 3 is 2.60 bits per heavy atom. The predicted octanol–water partition coefficient (Wildman–Crippen LogP) is 1.52. The zero-order chi connectivity index (χ0) is 11.6. The summed E-state index contributed by atoms with van der Waals surface area (Å²) in [6, 6.07) is 3.11. The second-order valence-electron chi connectivity index (χ2n) is 3.60. The van der Waals surface area contributed by atoms with Gasteiger partial charge in [0.25, 0.3) is 5.56 Å². The van der Waals surface area contributed by atoms with E-state index >= 15 is 0 Å². The van der Waals surface area contributed by atoms with Gasteiger partial charge in [-0.15, -0.1) is 0 Å². The van der Waals surface area contributed by atoms with Crippen LogP contribution < -0.4 is 5.56 Å². The summed E-state index contributed by atoms with van der Waals surface area (Å²) in [4.78, 5) is 23.1. The fourth-order valence-electron chi connectivity index (χ4n) is 1.26. The minimum atomic E-state index is -0.994. The molecule has 0 radical (unpaired) electrons. The number of carbonyl (C=O) groups excluding carboxylic acids is 1. The normalized spacial score (nSPS) is 11.2. The summed E-state index contributed by atoms with van der Waals surface area (Å²) in [5.41, 5.74) is -1.24. The molecule has 5 heteroatoms. The maximum absolute atomic E-state index is 11.6. The van der Waals surface area contributed by atoms with Gasteiger partial charge in [-0.3, -0.25) is 9.36 Å². The molecule has 0 bridgehead atoms. The minimum absolute atomic E-state index is 0.250. The summed E-state index contributed by atoms with van der Waals surface area (Å²) in [5.74, 6) is -0.452. The standard InChI is InChI=1S/C10H12BrNO3/c1-10(2,9(14)15-3)12-5-4-7(11)6-8(12)13/h4-6H,1-3H3. The first-order valence-corrected chi connectivity index (χ1v) is 5.16. The molecule has 1 aromatic heterocycles. The van der Waals surface area contributed by atoms with Crippen molar-refractivity contribution in [2.24, 2.45) is 0 Å². The number of ether oxygens (including phenoxy) is 1. The van der Waals surface area contributed by atoms with E-state index in [4.69, 9.17) is 0 Å². The summed E-state index contributed by atoms with van der Waals surface area (Å²) in [5, 5.41) is 0. The molecule has 1 heterocycles. The molecule has 0 spiro atoms. The molecular weight excluding hydrogens is 262 g/mol. The molecule has 0 aromatic carbocycles. The molecule has 15 heavy (non-hydrogen) atoms. The quantitative estimate of drug-likeness (QED) is 0.768. The Balaban J connectivity index is 3.27. The van der Waals surface area contributed by atoms with Gasteiger partial charge in [0, 0.05) is 16.7 Å². The highest BCUT2D eigenvalue weighted by molar-refractivity contribution is 9.10. The van der Waals surface area contributed by atoms with Crippen LogP contribution >= 0.6 is 15.9 Å². The highest BCUT2D eigenvalue weighted by Crippen LogP contribution is 2.15. The molecule has 82 valence electrons. The van der Waals surface area contributed by atoms with Crippen molar-refractivity contribution in [3.8, 4) is 0 Å². The number of rotatable bonds is 2. The minimum Gasteiger partial charge on any atom is -0.467 e. The first-order valence-electron chi connectivity index (χ1n) is 4.36. The van der Waals surface area contributed by atoms with Gasteiger partial charge in [0.2, 0.25) is 0 Å². The summed E-state index contributed by atoms with van der Waals surface area (Å²) in [6.07, 6.45) is 1.56. The maximum Gasteiger partial charge on any atom is 0.331 e. The van der Waals surface area contributed by atoms with E-state index in [2.05, 4.69) is 20.7 Å². The van der Waals surface area contributed by atoms with Crippen molar-refractivity contribution in [3.63, 3.8) is 0 Å². The summed E-state index contributed by atoms with van der Waals surface area (Å²) in [7, 11) is 1.30. The zero-order valence-electron chi connectivity index (χ0n) is 8.78. The van der Waals surface area contributed by atoms with Gasteiger partial charge in [0.15, 0.2) is 0 Å². The number of esters is 1. The molecular formula is C10H12BrNO3. The van der Waals surface area contributed by atoms with Crippen molar-refractivity contribution in [2.75, 3.05) is 7.11 Å². The number of pyridine rings is 1. The molecule has 4 nitrogen and oxygen atoms in total. The predicted molar refractivity (Wildman–Crippen MR) is 59.7 cm³/mol. The van der Waals surface area contributed by atoms with E-state index in [0.717, 1.165) is 0 Å². The van der Waals surface area contributed by atoms with Crippen LogP contribution in [0.1, 0.15) is 13.8 Å². The molecule has 0 saturated heterocycles. The first kappa shape index (κ1) is 12.0. The van der Waals surface area contributed by atoms with Crippen LogP contribution in [-0.4, -0.2) is 17.6 Å². The van der Waals surface area contributed by atoms with Crippen molar-refractivity contribution >= 4 is 21.9 Å². The van der Waals surface area contributed by atoms with E-state index in [-0.39, 0.29) is 5.56 Å². The first-order chi connectivity index (χ1) is 6.89. The average molecular weight is 274 g/mol. The number of hydrogen-bond donors (Lipinski definition) is 0. The molecule has 0 unspecified atom stereocenters. The highest BCUT2D eigenvalue weighted by Gasteiger charge is 2.31. The molecule has 0 aliphatic rings. The Morgan fingerprint density at radius 2 is 2.13 bits per heavy atom. The molecule has 0 atom stereocenters. The lowest BCUT2D eigenvalue weighted by Crippen LogP contribution is -2.42. The van der Waals surface area contributed by atoms with Gasteiger partial charge in [0.1, 0.15) is 5.54 Å². The van der Waals surface area contributed by atoms with Crippen LogP contribution in [0.4, 0.5) is 0 Å². The van der Waals surface area contributed by atoms with Gasteiger partial charge in [0.05, 0.1) is 7.11 Å². The zero-order valence-corrected chi connectivity index (χ0v) is 10.4. The molecule has 0 aliphatic heterocycles. The lowest BCUT2D eigenvalue weighted by Gasteiger charge is -2.24. The topological polar surface area (TPSA) is 48.3 Å². The third-order valence-corrected chi connectivity index (χ3v) is 2.66. The monoisotopic (exact) mass is 273 g/mol. The lowest BCUT2D eigenvalue weighted by atomic mass is 10.1. The van der Waals surface area contributed by atoms with Crippen LogP contribution in [0.2, 0.25) is 0 Å². The smallest absolute Gasteiger partial charge is 0.331 e. The summed E-state index contributed by atoms with van der Waals surface area (Å²) < 4.78 is 6.67. The Labute approximate surface area is 96.0 Å². The number of aromatic nitrogens is 1. The molecule has 1 aromatic rings. The number of carbonyl (C=O) groups is 1. The maximum atomic E-state index is 11.6. The molecule has 0 amide bonds. The van der Waals surface area contributed by atoms with Gasteiger partial charge in [-0.1, -0.05) is 15.9 Å². The van der Waals surface area contributed by atoms with Gasteiger partial charge in [-0.05, 0) is 19.9 Å². The van der Waals surface area contributed by atoms with Crippen molar-refractivity contribution in [1.29, 1.82) is 0 Å². The molecule has 0 fully saturated rings. The number of hydrogen-bond acceptors (Lipinski definition) is 3. The van der Waals surface area contributed by atoms with Crippen LogP contribution in [0.5, 0.6) is 0 Å². The van der Waals surface area contributed by atoms with Gasteiger partial charge >= 0.3 is 5.97 Å². The van der Waals surface area contributed by atoms with Crippen LogP contribution in [0.15, 0.2) is 27.6 Å². The van der Waals surface area contributed by atoms with E-state index in [1.807, 2.05) is 0 Å². The van der Waals surface area contributed by atoms with Crippen LogP contribution in [-0.2, 0) is 15.1 Å². The number of nitrogens with zero attached hydrogens (tertiary/aromatic N) is 1. The average Bonchev–Trinajstić information content (AvgIpc) is 2.15. The van der Waals surface area contributed by atoms with Crippen molar-refractivity contribution in [2.45, 2.75) is 19.4 Å². The summed E-state index contributed by atoms with van der Waals surface area (Å²) >= 11 is 3.19. The third-order valence-electron chi connectivity index (χ3n) is 2.17. The fourth-order valence-corrected chi connectivity index (χ4v) is 1.58. The molecule has 0 aliphatic carbocycles. The second-order valence-corrected chi connectivity index (χ2v) is 4.52. The van der Waals surface area contributed by atoms with Crippen LogP contribution in [0, 0.1) is 0 Å². The number of methoxy groups -OCH3 is 1. The highest BCUT2D eigenvalue weighted by atomic mass is 79.9. The number of halogens is 1. The van der Waals surface area contributed by atoms with Gasteiger partial charge < -0.3 is 4.74 Å². The molecule has 1 rings (SSSR count). The van der Waals surface area contributed by atoms with E-state index < -0.39 is 11.5 Å². The lowest BCUT2D eigenvalue weighted by molar-refractivity contribution is -0.149. The second kappa shape index (κ2) is 4.18. The Bertz CT molecular complexity index is 437. The molecule has 0 saturated carbocycles. The van der Waals surface area contributed by atoms with E-state index in [9.17, 15) is 9.59 Å². The summed E-state index contributed by atoms with van der Waals surface area (Å²) in [6.45, 7) is 3.27. The van der Waals surface area contributed by atoms with E-state index in [0.29, 0.717) is 4.47 Å². The van der Waals surface area contributed by atoms with Crippen LogP contribution in [0.25, 0.3) is 0 Å². The molecule has 0 N–H and O–H groups in total. The van der Waals surface area contributed by atoms with Crippen LogP contribution in [0.3, 0.4) is 0 Å². The Morgan fingerprint density at radius 1 is 1.53 bits per heavy atom. The van der Waals surface area contributed by atoms with Gasteiger partial charge in [-0.25, -0.2) is 4.79 Å². The van der Waals surface area contributed by atoms with Crippen molar-refractivity contribution in [3.05, 3.63) is 33.2 Å². The van der Waals surface area contributed by atoms with Crippen molar-refractivity contribution in [1.82, 2.24) is 4.57 Å². The third kappa shape index (κ3) is 2.28. The largest absolute Gasteiger partial charge is 0.467 e.